The van der Waals surface area contributed by atoms with Crippen LogP contribution in [0.5, 0.6) is 11.5 Å². The normalized spacial score (nSPS) is 10.9. The van der Waals surface area contributed by atoms with Crippen molar-refractivity contribution >= 4 is 11.8 Å². The number of likely N-dealkylation sites (N-methyl/N-ethyl adjacent to an activating group) is 1. The third kappa shape index (κ3) is 5.98. The second-order valence-electron chi connectivity index (χ2n) is 7.40. The van der Waals surface area contributed by atoms with Crippen LogP contribution >= 0.6 is 0 Å². The number of hydrogen-bond donors (Lipinski definition) is 2. The Bertz CT molecular complexity index is 844. The molecule has 0 aliphatic rings. The molecule has 6 heteroatoms. The van der Waals surface area contributed by atoms with Gasteiger partial charge in [0.2, 0.25) is 5.91 Å². The zero-order valence-electron chi connectivity index (χ0n) is 17.8. The number of methoxy groups -OCH3 is 1. The Balaban J connectivity index is 2.01. The number of carbonyl (C=O) groups is 2. The zero-order chi connectivity index (χ0) is 21.4. The van der Waals surface area contributed by atoms with Gasteiger partial charge in [-0.1, -0.05) is 35.9 Å². The van der Waals surface area contributed by atoms with Crippen molar-refractivity contribution in [1.82, 2.24) is 10.6 Å². The maximum absolute atomic E-state index is 12.8. The molecule has 0 radical (unpaired) electrons. The summed E-state index contributed by atoms with van der Waals surface area (Å²) in [4.78, 5) is 24.3. The predicted octanol–water partition coefficient (Wildman–Crippen LogP) is 3.11. The molecule has 2 N–H and O–H groups in total. The molecule has 6 nitrogen and oxygen atoms in total. The topological polar surface area (TPSA) is 76.7 Å². The Labute approximate surface area is 172 Å². The molecule has 2 rings (SSSR count). The third-order valence-corrected chi connectivity index (χ3v) is 4.75. The van der Waals surface area contributed by atoms with Gasteiger partial charge in [-0.2, -0.15) is 0 Å². The predicted molar refractivity (Wildman–Crippen MR) is 113 cm³/mol. The molecule has 0 atom stereocenters. The van der Waals surface area contributed by atoms with E-state index in [1.807, 2.05) is 58.0 Å². The van der Waals surface area contributed by atoms with Crippen LogP contribution < -0.4 is 20.1 Å². The fourth-order valence-electron chi connectivity index (χ4n) is 2.84. The van der Waals surface area contributed by atoms with E-state index in [1.54, 1.807) is 12.1 Å². The number of nitrogens with one attached hydrogen (secondary N) is 2. The molecule has 2 amide bonds. The van der Waals surface area contributed by atoms with Crippen molar-refractivity contribution in [3.63, 3.8) is 0 Å². The number of aryl methyl sites for hydroxylation is 1. The van der Waals surface area contributed by atoms with Crippen LogP contribution in [-0.2, 0) is 21.5 Å². The van der Waals surface area contributed by atoms with Crippen molar-refractivity contribution in [2.75, 3.05) is 20.3 Å². The smallest absolute Gasteiger partial charge is 0.257 e. The lowest BCUT2D eigenvalue weighted by molar-refractivity contribution is -0.126. The minimum atomic E-state index is -0.645. The second kappa shape index (κ2) is 9.96. The number of carbonyl (C=O) groups excluding carboxylic acids is 2. The summed E-state index contributed by atoms with van der Waals surface area (Å²) >= 11 is 0. The molecule has 0 aromatic heterocycles. The fourth-order valence-corrected chi connectivity index (χ4v) is 2.84. The summed E-state index contributed by atoms with van der Waals surface area (Å²) in [6, 6.07) is 13.4. The van der Waals surface area contributed by atoms with Gasteiger partial charge in [-0.05, 0) is 51.0 Å². The first-order chi connectivity index (χ1) is 13.8. The summed E-state index contributed by atoms with van der Waals surface area (Å²) in [6.07, 6.45) is 0. The van der Waals surface area contributed by atoms with E-state index in [4.69, 9.17) is 9.47 Å². The van der Waals surface area contributed by atoms with Crippen LogP contribution in [0.2, 0.25) is 0 Å². The van der Waals surface area contributed by atoms with E-state index in [0.717, 1.165) is 16.7 Å². The summed E-state index contributed by atoms with van der Waals surface area (Å²) in [5.41, 5.74) is 2.35. The largest absolute Gasteiger partial charge is 0.493 e. The average Bonchev–Trinajstić information content (AvgIpc) is 2.71. The number of benzene rings is 2. The monoisotopic (exact) mass is 398 g/mol. The van der Waals surface area contributed by atoms with Crippen LogP contribution in [0, 0.1) is 6.92 Å². The summed E-state index contributed by atoms with van der Waals surface area (Å²) in [7, 11) is 1.54. The number of hydrogen-bond acceptors (Lipinski definition) is 4. The minimum Gasteiger partial charge on any atom is -0.493 e. The van der Waals surface area contributed by atoms with Crippen molar-refractivity contribution < 1.29 is 19.1 Å². The highest BCUT2D eigenvalue weighted by atomic mass is 16.5. The Morgan fingerprint density at radius 1 is 1.00 bits per heavy atom. The van der Waals surface area contributed by atoms with Crippen LogP contribution in [0.1, 0.15) is 37.5 Å². The number of ether oxygens (including phenoxy) is 2. The maximum Gasteiger partial charge on any atom is 0.257 e. The lowest BCUT2D eigenvalue weighted by Gasteiger charge is -2.24. The van der Waals surface area contributed by atoms with Crippen LogP contribution in [0.4, 0.5) is 0 Å². The van der Waals surface area contributed by atoms with Crippen molar-refractivity contribution in [2.45, 2.75) is 39.7 Å². The van der Waals surface area contributed by atoms with Gasteiger partial charge in [0.25, 0.3) is 5.91 Å². The maximum atomic E-state index is 12.8. The van der Waals surface area contributed by atoms with E-state index in [0.29, 0.717) is 24.6 Å². The minimum absolute atomic E-state index is 0.0584. The van der Waals surface area contributed by atoms with Crippen LogP contribution in [0.15, 0.2) is 42.5 Å². The van der Waals surface area contributed by atoms with Gasteiger partial charge in [-0.15, -0.1) is 0 Å². The van der Waals surface area contributed by atoms with Crippen LogP contribution in [0.3, 0.4) is 0 Å². The first-order valence-electron chi connectivity index (χ1n) is 9.69. The van der Waals surface area contributed by atoms with Crippen LogP contribution in [-0.4, -0.2) is 32.1 Å². The molecule has 0 bridgehead atoms. The average molecular weight is 399 g/mol. The highest BCUT2D eigenvalue weighted by Gasteiger charge is 2.29. The van der Waals surface area contributed by atoms with E-state index in [9.17, 15) is 9.59 Å². The SMILES string of the molecule is CCNC(=O)COc1ccc(CNC(=O)C(C)(C)c2ccc(C)cc2)cc1OC. The summed E-state index contributed by atoms with van der Waals surface area (Å²) < 4.78 is 10.9. The molecular weight excluding hydrogens is 368 g/mol. The summed E-state index contributed by atoms with van der Waals surface area (Å²) in [6.45, 7) is 8.52. The Kier molecular flexibility index (Phi) is 7.65. The highest BCUT2D eigenvalue weighted by molar-refractivity contribution is 5.87. The van der Waals surface area contributed by atoms with E-state index >= 15 is 0 Å². The van der Waals surface area contributed by atoms with Gasteiger partial charge in [-0.25, -0.2) is 0 Å². The molecule has 156 valence electrons. The quantitative estimate of drug-likeness (QED) is 0.680. The molecular formula is C23H30N2O4. The molecule has 0 saturated heterocycles. The number of amides is 2. The molecule has 0 aliphatic carbocycles. The summed E-state index contributed by atoms with van der Waals surface area (Å²) in [5, 5.41) is 5.67. The Hall–Kier alpha value is -3.02. The molecule has 2 aromatic carbocycles. The highest BCUT2D eigenvalue weighted by Crippen LogP contribution is 2.28. The Morgan fingerprint density at radius 2 is 1.69 bits per heavy atom. The lowest BCUT2D eigenvalue weighted by Crippen LogP contribution is -2.39. The molecule has 0 unspecified atom stereocenters. The zero-order valence-corrected chi connectivity index (χ0v) is 17.8. The van der Waals surface area contributed by atoms with Gasteiger partial charge >= 0.3 is 0 Å². The van der Waals surface area contributed by atoms with Gasteiger partial charge in [0.15, 0.2) is 18.1 Å². The van der Waals surface area contributed by atoms with E-state index in [2.05, 4.69) is 10.6 Å². The van der Waals surface area contributed by atoms with Gasteiger partial charge in [0.1, 0.15) is 0 Å². The van der Waals surface area contributed by atoms with Gasteiger partial charge in [0, 0.05) is 13.1 Å². The van der Waals surface area contributed by atoms with Gasteiger partial charge < -0.3 is 20.1 Å². The van der Waals surface area contributed by atoms with Gasteiger partial charge in [-0.3, -0.25) is 9.59 Å². The van der Waals surface area contributed by atoms with E-state index in [-0.39, 0.29) is 18.4 Å². The molecule has 0 fully saturated rings. The van der Waals surface area contributed by atoms with Crippen molar-refractivity contribution in [3.8, 4) is 11.5 Å². The first kappa shape index (κ1) is 22.3. The van der Waals surface area contributed by atoms with Crippen LogP contribution in [0.25, 0.3) is 0 Å². The van der Waals surface area contributed by atoms with Gasteiger partial charge in [0.05, 0.1) is 12.5 Å². The molecule has 2 aromatic rings. The summed E-state index contributed by atoms with van der Waals surface area (Å²) in [5.74, 6) is 0.744. The number of rotatable bonds is 9. The standard InChI is InChI=1S/C23H30N2O4/c1-6-24-21(26)15-29-19-12-9-17(13-20(19)28-5)14-25-22(27)23(3,4)18-10-7-16(2)8-11-18/h7-13H,6,14-15H2,1-5H3,(H,24,26)(H,25,27). The van der Waals surface area contributed by atoms with E-state index < -0.39 is 5.41 Å². The molecule has 0 aliphatic heterocycles. The van der Waals surface area contributed by atoms with Crippen molar-refractivity contribution in [2.24, 2.45) is 0 Å². The fraction of sp³-hybridized carbons (Fsp3) is 0.391. The molecule has 0 spiro atoms. The first-order valence-corrected chi connectivity index (χ1v) is 9.69. The third-order valence-electron chi connectivity index (χ3n) is 4.75. The lowest BCUT2D eigenvalue weighted by atomic mass is 9.83. The molecule has 29 heavy (non-hydrogen) atoms. The second-order valence-corrected chi connectivity index (χ2v) is 7.40. The van der Waals surface area contributed by atoms with Crippen molar-refractivity contribution in [1.29, 1.82) is 0 Å². The van der Waals surface area contributed by atoms with Crippen molar-refractivity contribution in [3.05, 3.63) is 59.2 Å². The molecule has 0 heterocycles. The molecule has 0 saturated carbocycles. The Morgan fingerprint density at radius 3 is 2.31 bits per heavy atom. The van der Waals surface area contributed by atoms with E-state index in [1.165, 1.54) is 7.11 Å².